The van der Waals surface area contributed by atoms with Crippen molar-refractivity contribution < 1.29 is 32.9 Å². The van der Waals surface area contributed by atoms with Gasteiger partial charge in [-0.25, -0.2) is 4.57 Å². The molecule has 0 aromatic carbocycles. The van der Waals surface area contributed by atoms with Gasteiger partial charge in [0.15, 0.2) is 0 Å². The van der Waals surface area contributed by atoms with E-state index in [-0.39, 0.29) is 19.1 Å². The Morgan fingerprint density at radius 3 is 1.62 bits per heavy atom. The molecule has 3 atom stereocenters. The molecule has 0 bridgehead atoms. The molecule has 0 radical (unpaired) electrons. The van der Waals surface area contributed by atoms with E-state index in [4.69, 9.17) is 9.05 Å². The molecule has 0 aliphatic rings. The van der Waals surface area contributed by atoms with Crippen LogP contribution in [0, 0.1) is 0 Å². The number of nitrogens with one attached hydrogen (secondary N) is 1. The van der Waals surface area contributed by atoms with Gasteiger partial charge in [0.1, 0.15) is 13.2 Å². The number of unbranched alkanes of at least 4 members (excludes halogenated alkanes) is 16. The summed E-state index contributed by atoms with van der Waals surface area (Å²) in [6.45, 7) is 4.53. The van der Waals surface area contributed by atoms with Gasteiger partial charge >= 0.3 is 7.82 Å². The summed E-state index contributed by atoms with van der Waals surface area (Å²) in [5, 5.41) is 13.5. The number of aliphatic hydroxyl groups excluding tert-OH is 1. The van der Waals surface area contributed by atoms with E-state index in [2.05, 4.69) is 12.2 Å². The van der Waals surface area contributed by atoms with Gasteiger partial charge in [-0.05, 0) is 12.8 Å². The smallest absolute Gasteiger partial charge is 0.391 e. The standard InChI is InChI=1S/C31H65N2O6P/c1-6-8-9-10-11-12-13-14-15-16-17-18-19-20-21-22-23-25-30(34)29(32-31(35)24-7-2)28-39-40(36,37)38-27-26-33(3,4)5/h29-30,34H,6-28H2,1-5H3,(H-,32,35,36,37)/p+1. The molecule has 0 spiro atoms. The van der Waals surface area contributed by atoms with Gasteiger partial charge in [0, 0.05) is 6.42 Å². The van der Waals surface area contributed by atoms with Crippen LogP contribution in [0.5, 0.6) is 0 Å². The fourth-order valence-corrected chi connectivity index (χ4v) is 5.41. The minimum atomic E-state index is -4.27. The molecule has 8 nitrogen and oxygen atoms in total. The second-order valence-electron chi connectivity index (χ2n) is 12.5. The van der Waals surface area contributed by atoms with Gasteiger partial charge in [0.05, 0.1) is 39.9 Å². The van der Waals surface area contributed by atoms with Gasteiger partial charge < -0.3 is 19.8 Å². The minimum absolute atomic E-state index is 0.0753. The van der Waals surface area contributed by atoms with Crippen molar-refractivity contribution in [2.75, 3.05) is 40.9 Å². The Morgan fingerprint density at radius 2 is 1.20 bits per heavy atom. The predicted molar refractivity (Wildman–Crippen MR) is 166 cm³/mol. The van der Waals surface area contributed by atoms with Crippen LogP contribution in [0.2, 0.25) is 0 Å². The lowest BCUT2D eigenvalue weighted by Gasteiger charge is -2.26. The first-order valence-corrected chi connectivity index (χ1v) is 17.9. The normalized spacial score (nSPS) is 15.1. The second kappa shape index (κ2) is 25.0. The molecule has 40 heavy (non-hydrogen) atoms. The van der Waals surface area contributed by atoms with Crippen molar-refractivity contribution in [2.24, 2.45) is 0 Å². The lowest BCUT2D eigenvalue weighted by atomic mass is 10.0. The topological polar surface area (TPSA) is 105 Å². The molecule has 0 saturated heterocycles. The summed E-state index contributed by atoms with van der Waals surface area (Å²) in [6, 6.07) is -0.748. The number of carbonyl (C=O) groups is 1. The van der Waals surface area contributed by atoms with Crippen molar-refractivity contribution in [2.45, 2.75) is 154 Å². The average Bonchev–Trinajstić information content (AvgIpc) is 2.87. The minimum Gasteiger partial charge on any atom is -0.391 e. The lowest BCUT2D eigenvalue weighted by molar-refractivity contribution is -0.870. The largest absolute Gasteiger partial charge is 0.472 e. The molecule has 0 aliphatic heterocycles. The third-order valence-electron chi connectivity index (χ3n) is 7.33. The van der Waals surface area contributed by atoms with E-state index in [1.807, 2.05) is 28.1 Å². The van der Waals surface area contributed by atoms with Crippen LogP contribution in [0.3, 0.4) is 0 Å². The quantitative estimate of drug-likeness (QED) is 0.0471. The fourth-order valence-electron chi connectivity index (χ4n) is 4.68. The van der Waals surface area contributed by atoms with Gasteiger partial charge in [0.25, 0.3) is 0 Å². The summed E-state index contributed by atoms with van der Waals surface area (Å²) >= 11 is 0. The van der Waals surface area contributed by atoms with Crippen molar-refractivity contribution >= 4 is 13.7 Å². The Morgan fingerprint density at radius 1 is 0.750 bits per heavy atom. The number of phosphoric acid groups is 1. The summed E-state index contributed by atoms with van der Waals surface area (Å²) in [7, 11) is 1.61. The van der Waals surface area contributed by atoms with Gasteiger partial charge in [-0.15, -0.1) is 0 Å². The molecular weight excluding hydrogens is 527 g/mol. The summed E-state index contributed by atoms with van der Waals surface area (Å²) in [6.07, 6.45) is 22.7. The van der Waals surface area contributed by atoms with Crippen LogP contribution < -0.4 is 5.32 Å². The maximum Gasteiger partial charge on any atom is 0.472 e. The van der Waals surface area contributed by atoms with E-state index in [1.54, 1.807) is 0 Å². The number of hydrogen-bond acceptors (Lipinski definition) is 5. The molecule has 3 N–H and O–H groups in total. The zero-order valence-corrected chi connectivity index (χ0v) is 27.7. The average molecular weight is 594 g/mol. The Hall–Kier alpha value is -0.500. The van der Waals surface area contributed by atoms with Crippen molar-refractivity contribution in [1.82, 2.24) is 5.32 Å². The SMILES string of the molecule is CCCCCCCCCCCCCCCCCCCC(O)C(COP(=O)(O)OCC[N+](C)(C)C)NC(=O)CCC. The maximum atomic E-state index is 12.3. The number of likely N-dealkylation sites (N-methyl/N-ethyl adjacent to an activating group) is 1. The zero-order valence-electron chi connectivity index (χ0n) is 26.8. The summed E-state index contributed by atoms with van der Waals surface area (Å²) < 4.78 is 23.1. The molecule has 1 amide bonds. The highest BCUT2D eigenvalue weighted by molar-refractivity contribution is 7.47. The van der Waals surface area contributed by atoms with Gasteiger partial charge in [0.2, 0.25) is 5.91 Å². The van der Waals surface area contributed by atoms with Crippen molar-refractivity contribution in [3.05, 3.63) is 0 Å². The highest BCUT2D eigenvalue weighted by atomic mass is 31.2. The Labute approximate surface area is 247 Å². The monoisotopic (exact) mass is 593 g/mol. The Bertz CT molecular complexity index is 644. The highest BCUT2D eigenvalue weighted by Gasteiger charge is 2.28. The molecule has 0 heterocycles. The molecule has 9 heteroatoms. The molecule has 0 fully saturated rings. The number of carbonyl (C=O) groups excluding carboxylic acids is 1. The van der Waals surface area contributed by atoms with Crippen LogP contribution in [-0.2, 0) is 18.4 Å². The van der Waals surface area contributed by atoms with E-state index in [0.717, 1.165) is 19.3 Å². The van der Waals surface area contributed by atoms with Crippen molar-refractivity contribution in [1.29, 1.82) is 0 Å². The molecule has 3 unspecified atom stereocenters. The number of rotatable bonds is 29. The van der Waals surface area contributed by atoms with E-state index in [9.17, 15) is 19.4 Å². The predicted octanol–water partition coefficient (Wildman–Crippen LogP) is 7.51. The van der Waals surface area contributed by atoms with E-state index < -0.39 is 20.0 Å². The van der Waals surface area contributed by atoms with E-state index in [0.29, 0.717) is 30.3 Å². The second-order valence-corrected chi connectivity index (χ2v) is 14.0. The summed E-state index contributed by atoms with van der Waals surface area (Å²) in [5.41, 5.74) is 0. The first-order chi connectivity index (χ1) is 19.0. The van der Waals surface area contributed by atoms with Crippen molar-refractivity contribution in [3.8, 4) is 0 Å². The third-order valence-corrected chi connectivity index (χ3v) is 8.31. The van der Waals surface area contributed by atoms with Crippen LogP contribution in [0.1, 0.15) is 142 Å². The lowest BCUT2D eigenvalue weighted by Crippen LogP contribution is -2.46. The Balaban J connectivity index is 4.05. The van der Waals surface area contributed by atoms with Crippen LogP contribution in [0.4, 0.5) is 0 Å². The number of nitrogens with zero attached hydrogens (tertiary/aromatic N) is 1. The molecule has 0 aromatic heterocycles. The van der Waals surface area contributed by atoms with Crippen LogP contribution in [-0.4, -0.2) is 73.4 Å². The Kier molecular flexibility index (Phi) is 24.7. The fraction of sp³-hybridized carbons (Fsp3) is 0.968. The number of amides is 1. The van der Waals surface area contributed by atoms with Crippen molar-refractivity contribution in [3.63, 3.8) is 0 Å². The number of hydrogen-bond donors (Lipinski definition) is 3. The first-order valence-electron chi connectivity index (χ1n) is 16.4. The van der Waals surface area contributed by atoms with Crippen LogP contribution in [0.25, 0.3) is 0 Å². The third kappa shape index (κ3) is 26.4. The summed E-state index contributed by atoms with van der Waals surface area (Å²) in [4.78, 5) is 22.2. The number of phosphoric ester groups is 1. The molecule has 0 saturated carbocycles. The highest BCUT2D eigenvalue weighted by Crippen LogP contribution is 2.43. The molecular formula is C31H66N2O6P+. The van der Waals surface area contributed by atoms with Gasteiger partial charge in [-0.3, -0.25) is 13.8 Å². The molecule has 0 aromatic rings. The first kappa shape index (κ1) is 39.5. The number of aliphatic hydroxyl groups is 1. The van der Waals surface area contributed by atoms with Crippen LogP contribution >= 0.6 is 7.82 Å². The van der Waals surface area contributed by atoms with Gasteiger partial charge in [-0.2, -0.15) is 0 Å². The van der Waals surface area contributed by atoms with E-state index >= 15 is 0 Å². The number of quaternary nitrogens is 1. The molecule has 240 valence electrons. The maximum absolute atomic E-state index is 12.3. The summed E-state index contributed by atoms with van der Waals surface area (Å²) in [5.74, 6) is -0.198. The van der Waals surface area contributed by atoms with Gasteiger partial charge in [-0.1, -0.05) is 123 Å². The van der Waals surface area contributed by atoms with Crippen LogP contribution in [0.15, 0.2) is 0 Å². The molecule has 0 aliphatic carbocycles. The zero-order chi connectivity index (χ0) is 30.1. The molecule has 0 rings (SSSR count). The van der Waals surface area contributed by atoms with E-state index in [1.165, 1.54) is 89.9 Å².